The molecule has 0 aromatic heterocycles. The number of rotatable bonds is 5. The van der Waals surface area contributed by atoms with Gasteiger partial charge in [0.1, 0.15) is 0 Å². The third-order valence-electron chi connectivity index (χ3n) is 5.29. The number of unbranched alkanes of at least 4 members (excludes halogenated alkanes) is 1. The zero-order valence-electron chi connectivity index (χ0n) is 12.4. The first-order valence-corrected chi connectivity index (χ1v) is 6.77. The number of nitriles is 2. The van der Waals surface area contributed by atoms with Crippen LogP contribution < -0.4 is 10.7 Å². The Morgan fingerprint density at radius 1 is 1.25 bits per heavy atom. The predicted molar refractivity (Wildman–Crippen MR) is 70.6 cm³/mol. The maximum Gasteiger partial charge on any atom is 0.342 e. The summed E-state index contributed by atoms with van der Waals surface area (Å²) in [5.74, 6) is -1.10. The highest BCUT2D eigenvalue weighted by molar-refractivity contribution is 5.94. The van der Waals surface area contributed by atoms with Crippen LogP contribution in [-0.4, -0.2) is 26.0 Å². The van der Waals surface area contributed by atoms with Crippen LogP contribution in [0.3, 0.4) is 0 Å². The maximum absolute atomic E-state index is 9.84. The standard InChI is InChI=1S/C14H20N4O2/c1-5-6-7-11(2)12(8-15)10(17)18-14(19-3,20-4)13(11,12)9-16/h5-7H2,1-4H3,(H2,17,18)/p+1/t11-,12+,13-/m1/s1. The van der Waals surface area contributed by atoms with Crippen molar-refractivity contribution in [2.75, 3.05) is 14.2 Å². The third kappa shape index (κ3) is 1.06. The first-order valence-electron chi connectivity index (χ1n) is 6.77. The smallest absolute Gasteiger partial charge is 0.317 e. The van der Waals surface area contributed by atoms with Crippen molar-refractivity contribution in [3.05, 3.63) is 0 Å². The van der Waals surface area contributed by atoms with Gasteiger partial charge in [0, 0.05) is 19.6 Å². The second-order valence-electron chi connectivity index (χ2n) is 5.72. The minimum atomic E-state index is -1.37. The highest BCUT2D eigenvalue weighted by Gasteiger charge is 3.01. The Bertz CT molecular complexity index is 542. The lowest BCUT2D eigenvalue weighted by Gasteiger charge is -2.29. The van der Waals surface area contributed by atoms with Crippen molar-refractivity contribution in [2.45, 2.75) is 39.0 Å². The molecule has 0 saturated heterocycles. The molecule has 1 fully saturated rings. The summed E-state index contributed by atoms with van der Waals surface area (Å²) in [6.07, 6.45) is 2.63. The lowest BCUT2D eigenvalue weighted by molar-refractivity contribution is -0.689. The molecule has 20 heavy (non-hydrogen) atoms. The Morgan fingerprint density at radius 3 is 2.25 bits per heavy atom. The molecule has 108 valence electrons. The quantitative estimate of drug-likeness (QED) is 0.666. The van der Waals surface area contributed by atoms with Gasteiger partial charge in [-0.2, -0.15) is 10.5 Å². The van der Waals surface area contributed by atoms with E-state index >= 15 is 0 Å². The average Bonchev–Trinajstić information content (AvgIpc) is 2.85. The molecular weight excluding hydrogens is 256 g/mol. The molecule has 1 aliphatic heterocycles. The third-order valence-corrected chi connectivity index (χ3v) is 5.29. The van der Waals surface area contributed by atoms with Gasteiger partial charge in [-0.25, -0.2) is 4.99 Å². The molecule has 0 spiro atoms. The largest absolute Gasteiger partial charge is 0.342 e. The first kappa shape index (κ1) is 14.8. The van der Waals surface area contributed by atoms with Crippen molar-refractivity contribution in [1.82, 2.24) is 0 Å². The van der Waals surface area contributed by atoms with Crippen LogP contribution in [0.5, 0.6) is 0 Å². The summed E-state index contributed by atoms with van der Waals surface area (Å²) >= 11 is 0. The van der Waals surface area contributed by atoms with Gasteiger partial charge in [-0.1, -0.05) is 26.7 Å². The van der Waals surface area contributed by atoms with Crippen LogP contribution in [0.25, 0.3) is 0 Å². The predicted octanol–water partition coefficient (Wildman–Crippen LogP) is -0.386. The zero-order valence-corrected chi connectivity index (χ0v) is 12.4. The van der Waals surface area contributed by atoms with Crippen molar-refractivity contribution in [2.24, 2.45) is 22.0 Å². The van der Waals surface area contributed by atoms with Gasteiger partial charge in [-0.3, -0.25) is 5.73 Å². The summed E-state index contributed by atoms with van der Waals surface area (Å²) in [4.78, 5) is 2.89. The molecule has 6 nitrogen and oxygen atoms in total. The summed E-state index contributed by atoms with van der Waals surface area (Å²) in [5, 5.41) is 19.6. The summed E-state index contributed by atoms with van der Waals surface area (Å²) in [6.45, 7) is 4.00. The number of methoxy groups -OCH3 is 2. The number of amidine groups is 1. The van der Waals surface area contributed by atoms with E-state index < -0.39 is 22.2 Å². The molecule has 0 amide bonds. The molecular formula is C14H21N4O2+. The van der Waals surface area contributed by atoms with E-state index in [1.165, 1.54) is 14.2 Å². The van der Waals surface area contributed by atoms with E-state index in [1.54, 1.807) is 0 Å². The SMILES string of the molecule is CCCC[C@]1(C)[C@]2(C#N)C(N)=[NH+]C(OC)(OC)[C@]12C#N. The molecule has 1 heterocycles. The Morgan fingerprint density at radius 2 is 1.85 bits per heavy atom. The summed E-state index contributed by atoms with van der Waals surface area (Å²) < 4.78 is 10.9. The van der Waals surface area contributed by atoms with Crippen LogP contribution >= 0.6 is 0 Å². The molecule has 3 atom stereocenters. The number of nitrogens with two attached hydrogens (primary N) is 1. The second kappa shape index (κ2) is 4.18. The van der Waals surface area contributed by atoms with E-state index in [9.17, 15) is 10.5 Å². The lowest BCUT2D eigenvalue weighted by Crippen LogP contribution is -2.91. The Hall–Kier alpha value is -1.63. The normalized spacial score (nSPS) is 40.4. The van der Waals surface area contributed by atoms with E-state index in [2.05, 4.69) is 24.1 Å². The summed E-state index contributed by atoms with van der Waals surface area (Å²) in [7, 11) is 2.91. The van der Waals surface area contributed by atoms with E-state index in [4.69, 9.17) is 15.2 Å². The van der Waals surface area contributed by atoms with Crippen molar-refractivity contribution >= 4 is 5.84 Å². The highest BCUT2D eigenvalue weighted by atomic mass is 16.7. The lowest BCUT2D eigenvalue weighted by atomic mass is 9.87. The van der Waals surface area contributed by atoms with Gasteiger partial charge in [0.15, 0.2) is 10.8 Å². The molecule has 0 radical (unpaired) electrons. The fourth-order valence-corrected chi connectivity index (χ4v) is 4.20. The van der Waals surface area contributed by atoms with Gasteiger partial charge in [-0.15, -0.1) is 0 Å². The number of ether oxygens (including phenoxy) is 2. The Kier molecular flexibility index (Phi) is 3.09. The number of hydrogen-bond donors (Lipinski definition) is 2. The monoisotopic (exact) mass is 277 g/mol. The molecule has 6 heteroatoms. The Balaban J connectivity index is 2.65. The fraction of sp³-hybridized carbons (Fsp3) is 0.786. The summed E-state index contributed by atoms with van der Waals surface area (Å²) in [5.41, 5.74) is 3.28. The molecule has 2 aliphatic rings. The molecule has 2 rings (SSSR count). The van der Waals surface area contributed by atoms with E-state index in [-0.39, 0.29) is 5.84 Å². The average molecular weight is 277 g/mol. The fourth-order valence-electron chi connectivity index (χ4n) is 4.20. The van der Waals surface area contributed by atoms with Crippen molar-refractivity contribution in [1.29, 1.82) is 10.5 Å². The van der Waals surface area contributed by atoms with Crippen LogP contribution in [0.2, 0.25) is 0 Å². The van der Waals surface area contributed by atoms with Gasteiger partial charge in [-0.05, 0) is 6.42 Å². The molecule has 3 N–H and O–H groups in total. The highest BCUT2D eigenvalue weighted by Crippen LogP contribution is 2.83. The molecule has 1 aliphatic carbocycles. The summed E-state index contributed by atoms with van der Waals surface area (Å²) in [6, 6.07) is 4.56. The molecule has 1 saturated carbocycles. The van der Waals surface area contributed by atoms with Crippen molar-refractivity contribution in [3.63, 3.8) is 0 Å². The molecule has 0 aromatic carbocycles. The molecule has 0 unspecified atom stereocenters. The van der Waals surface area contributed by atoms with Crippen LogP contribution in [0.15, 0.2) is 0 Å². The number of nitrogens with one attached hydrogen (secondary N) is 1. The van der Waals surface area contributed by atoms with Gasteiger partial charge in [0.25, 0.3) is 5.84 Å². The minimum absolute atomic E-state index is 0.267. The number of nitrogens with zero attached hydrogens (tertiary/aromatic N) is 2. The Labute approximate surface area is 119 Å². The van der Waals surface area contributed by atoms with E-state index in [0.717, 1.165) is 19.3 Å². The van der Waals surface area contributed by atoms with Gasteiger partial charge in [0.05, 0.1) is 12.1 Å². The minimum Gasteiger partial charge on any atom is -0.317 e. The zero-order chi connectivity index (χ0) is 15.2. The van der Waals surface area contributed by atoms with Gasteiger partial charge < -0.3 is 9.47 Å². The number of fused-ring (bicyclic) bond motifs is 1. The molecule has 0 aromatic rings. The van der Waals surface area contributed by atoms with Crippen LogP contribution in [0, 0.1) is 38.9 Å². The van der Waals surface area contributed by atoms with Gasteiger partial charge in [0.2, 0.25) is 0 Å². The van der Waals surface area contributed by atoms with Crippen molar-refractivity contribution in [3.8, 4) is 12.1 Å². The topological polar surface area (TPSA) is 106 Å². The molecule has 0 bridgehead atoms. The van der Waals surface area contributed by atoms with E-state index in [1.807, 2.05) is 6.92 Å². The maximum atomic E-state index is 9.84. The van der Waals surface area contributed by atoms with Crippen LogP contribution in [0.4, 0.5) is 0 Å². The first-order chi connectivity index (χ1) is 9.43. The van der Waals surface area contributed by atoms with Gasteiger partial charge >= 0.3 is 5.91 Å². The van der Waals surface area contributed by atoms with Crippen LogP contribution in [0.1, 0.15) is 33.1 Å². The number of hydrogen-bond acceptors (Lipinski definition) is 5. The van der Waals surface area contributed by atoms with Crippen LogP contribution in [-0.2, 0) is 9.47 Å². The van der Waals surface area contributed by atoms with Crippen molar-refractivity contribution < 1.29 is 14.5 Å². The second-order valence-corrected chi connectivity index (χ2v) is 5.72. The van der Waals surface area contributed by atoms with E-state index in [0.29, 0.717) is 0 Å².